The first-order valence-electron chi connectivity index (χ1n) is 6.62. The molecule has 112 valence electrons. The molecule has 5 heteroatoms. The highest BCUT2D eigenvalue weighted by molar-refractivity contribution is 5.49. The highest BCUT2D eigenvalue weighted by Crippen LogP contribution is 2.31. The van der Waals surface area contributed by atoms with Gasteiger partial charge in [0.2, 0.25) is 0 Å². The van der Waals surface area contributed by atoms with E-state index >= 15 is 0 Å². The maximum Gasteiger partial charge on any atom is 0.127 e. The van der Waals surface area contributed by atoms with Crippen LogP contribution in [0, 0.1) is 5.82 Å². The molecule has 21 heavy (non-hydrogen) atoms. The Labute approximate surface area is 123 Å². The van der Waals surface area contributed by atoms with Gasteiger partial charge >= 0.3 is 0 Å². The number of ether oxygens (including phenoxy) is 2. The van der Waals surface area contributed by atoms with Crippen molar-refractivity contribution >= 4 is 5.69 Å². The van der Waals surface area contributed by atoms with Gasteiger partial charge in [-0.25, -0.2) is 4.39 Å². The normalized spacial score (nSPS) is 11.8. The third-order valence-corrected chi connectivity index (χ3v) is 3.24. The van der Waals surface area contributed by atoms with E-state index in [1.807, 2.05) is 18.2 Å². The van der Waals surface area contributed by atoms with Crippen molar-refractivity contribution in [2.45, 2.75) is 6.04 Å². The van der Waals surface area contributed by atoms with Crippen LogP contribution in [0.1, 0.15) is 11.6 Å². The van der Waals surface area contributed by atoms with E-state index in [4.69, 9.17) is 15.2 Å². The molecule has 0 radical (unpaired) electrons. The number of nitrogens with two attached hydrogens (primary N) is 1. The summed E-state index contributed by atoms with van der Waals surface area (Å²) in [5.41, 5.74) is 7.57. The number of benzene rings is 2. The Morgan fingerprint density at radius 2 is 1.81 bits per heavy atom. The summed E-state index contributed by atoms with van der Waals surface area (Å²) < 4.78 is 23.5. The molecule has 0 heterocycles. The SMILES string of the molecule is COc1ccc(C(CN)Nc2ccc(F)cc2)c(OC)c1. The van der Waals surface area contributed by atoms with Crippen molar-refractivity contribution in [3.63, 3.8) is 0 Å². The molecule has 0 amide bonds. The first-order valence-corrected chi connectivity index (χ1v) is 6.62. The molecule has 0 bridgehead atoms. The molecule has 1 atom stereocenters. The van der Waals surface area contributed by atoms with Crippen molar-refractivity contribution in [2.75, 3.05) is 26.1 Å². The molecule has 3 N–H and O–H groups in total. The molecule has 2 aromatic rings. The van der Waals surface area contributed by atoms with Crippen LogP contribution < -0.4 is 20.5 Å². The fourth-order valence-electron chi connectivity index (χ4n) is 2.12. The van der Waals surface area contributed by atoms with Gasteiger partial charge in [-0.15, -0.1) is 0 Å². The van der Waals surface area contributed by atoms with Crippen molar-refractivity contribution in [1.29, 1.82) is 0 Å². The quantitative estimate of drug-likeness (QED) is 0.859. The summed E-state index contributed by atoms with van der Waals surface area (Å²) >= 11 is 0. The summed E-state index contributed by atoms with van der Waals surface area (Å²) in [4.78, 5) is 0. The lowest BCUT2D eigenvalue weighted by atomic mass is 10.0. The summed E-state index contributed by atoms with van der Waals surface area (Å²) in [6.45, 7) is 0.375. The van der Waals surface area contributed by atoms with Crippen LogP contribution in [0.15, 0.2) is 42.5 Å². The van der Waals surface area contributed by atoms with Gasteiger partial charge in [-0.3, -0.25) is 0 Å². The lowest BCUT2D eigenvalue weighted by Crippen LogP contribution is -2.21. The minimum Gasteiger partial charge on any atom is -0.497 e. The number of anilines is 1. The Morgan fingerprint density at radius 1 is 1.10 bits per heavy atom. The Balaban J connectivity index is 2.26. The lowest BCUT2D eigenvalue weighted by molar-refractivity contribution is 0.389. The third-order valence-electron chi connectivity index (χ3n) is 3.24. The smallest absolute Gasteiger partial charge is 0.127 e. The highest BCUT2D eigenvalue weighted by atomic mass is 19.1. The van der Waals surface area contributed by atoms with E-state index in [-0.39, 0.29) is 11.9 Å². The molecule has 0 aliphatic rings. The van der Waals surface area contributed by atoms with Crippen LogP contribution in [0.3, 0.4) is 0 Å². The average Bonchev–Trinajstić information content (AvgIpc) is 2.53. The predicted molar refractivity (Wildman–Crippen MR) is 81.4 cm³/mol. The van der Waals surface area contributed by atoms with Crippen molar-refractivity contribution in [2.24, 2.45) is 5.73 Å². The van der Waals surface area contributed by atoms with Gasteiger partial charge in [-0.1, -0.05) is 0 Å². The van der Waals surface area contributed by atoms with Gasteiger partial charge < -0.3 is 20.5 Å². The van der Waals surface area contributed by atoms with Gasteiger partial charge in [0.1, 0.15) is 17.3 Å². The number of hydrogen-bond acceptors (Lipinski definition) is 4. The van der Waals surface area contributed by atoms with Crippen molar-refractivity contribution < 1.29 is 13.9 Å². The Morgan fingerprint density at radius 3 is 2.38 bits per heavy atom. The molecule has 0 saturated heterocycles. The van der Waals surface area contributed by atoms with E-state index in [1.54, 1.807) is 26.4 Å². The van der Waals surface area contributed by atoms with Gasteiger partial charge in [-0.05, 0) is 36.4 Å². The summed E-state index contributed by atoms with van der Waals surface area (Å²) in [6, 6.07) is 11.6. The topological polar surface area (TPSA) is 56.5 Å². The maximum atomic E-state index is 12.9. The van der Waals surface area contributed by atoms with Gasteiger partial charge in [0.25, 0.3) is 0 Å². The second-order valence-corrected chi connectivity index (χ2v) is 4.55. The van der Waals surface area contributed by atoms with E-state index in [2.05, 4.69) is 5.32 Å². The standard InChI is InChI=1S/C16H19FN2O2/c1-20-13-7-8-14(16(9-13)21-2)15(10-18)19-12-5-3-11(17)4-6-12/h3-9,15,19H,10,18H2,1-2H3. The molecule has 0 spiro atoms. The average molecular weight is 290 g/mol. The Hall–Kier alpha value is -2.27. The minimum atomic E-state index is -0.271. The molecular weight excluding hydrogens is 271 g/mol. The molecule has 1 unspecified atom stereocenters. The van der Waals surface area contributed by atoms with Crippen LogP contribution in [-0.4, -0.2) is 20.8 Å². The van der Waals surface area contributed by atoms with Gasteiger partial charge in [0.15, 0.2) is 0 Å². The van der Waals surface area contributed by atoms with E-state index in [0.29, 0.717) is 18.0 Å². The van der Waals surface area contributed by atoms with Crippen LogP contribution in [0.2, 0.25) is 0 Å². The zero-order chi connectivity index (χ0) is 15.2. The van der Waals surface area contributed by atoms with Crippen molar-refractivity contribution in [3.05, 3.63) is 53.8 Å². The van der Waals surface area contributed by atoms with Crippen LogP contribution in [0.5, 0.6) is 11.5 Å². The van der Waals surface area contributed by atoms with Crippen LogP contribution >= 0.6 is 0 Å². The Kier molecular flexibility index (Phi) is 5.00. The van der Waals surface area contributed by atoms with Crippen LogP contribution in [0.4, 0.5) is 10.1 Å². The Bertz CT molecular complexity index is 587. The number of nitrogens with one attached hydrogen (secondary N) is 1. The van der Waals surface area contributed by atoms with Gasteiger partial charge in [-0.2, -0.15) is 0 Å². The zero-order valence-electron chi connectivity index (χ0n) is 12.1. The summed E-state index contributed by atoms with van der Waals surface area (Å²) in [5, 5.41) is 3.27. The number of halogens is 1. The summed E-state index contributed by atoms with van der Waals surface area (Å²) in [6.07, 6.45) is 0. The van der Waals surface area contributed by atoms with E-state index in [0.717, 1.165) is 11.3 Å². The van der Waals surface area contributed by atoms with Crippen LogP contribution in [-0.2, 0) is 0 Å². The summed E-state index contributed by atoms with van der Waals surface area (Å²) in [7, 11) is 3.20. The third kappa shape index (κ3) is 3.64. The zero-order valence-corrected chi connectivity index (χ0v) is 12.1. The molecule has 0 aliphatic heterocycles. The van der Waals surface area contributed by atoms with E-state index in [9.17, 15) is 4.39 Å². The summed E-state index contributed by atoms with van der Waals surface area (Å²) in [5.74, 6) is 1.14. The second-order valence-electron chi connectivity index (χ2n) is 4.55. The number of methoxy groups -OCH3 is 2. The monoisotopic (exact) mass is 290 g/mol. The fourth-order valence-corrected chi connectivity index (χ4v) is 2.12. The van der Waals surface area contributed by atoms with E-state index < -0.39 is 0 Å². The molecule has 0 saturated carbocycles. The largest absolute Gasteiger partial charge is 0.497 e. The lowest BCUT2D eigenvalue weighted by Gasteiger charge is -2.21. The molecule has 0 aromatic heterocycles. The van der Waals surface area contributed by atoms with E-state index in [1.165, 1.54) is 12.1 Å². The maximum absolute atomic E-state index is 12.9. The molecule has 0 aliphatic carbocycles. The highest BCUT2D eigenvalue weighted by Gasteiger charge is 2.15. The van der Waals surface area contributed by atoms with Crippen molar-refractivity contribution in [1.82, 2.24) is 0 Å². The molecule has 2 aromatic carbocycles. The van der Waals surface area contributed by atoms with Crippen LogP contribution in [0.25, 0.3) is 0 Å². The molecule has 0 fully saturated rings. The molecular formula is C16H19FN2O2. The first kappa shape index (κ1) is 15.1. The second kappa shape index (κ2) is 6.95. The number of hydrogen-bond donors (Lipinski definition) is 2. The molecule has 4 nitrogen and oxygen atoms in total. The minimum absolute atomic E-state index is 0.142. The van der Waals surface area contributed by atoms with Gasteiger partial charge in [0.05, 0.1) is 20.3 Å². The predicted octanol–water partition coefficient (Wildman–Crippen LogP) is 2.95. The number of rotatable bonds is 6. The van der Waals surface area contributed by atoms with Gasteiger partial charge in [0, 0.05) is 23.9 Å². The molecule has 2 rings (SSSR count). The first-order chi connectivity index (χ1) is 10.2. The fraction of sp³-hybridized carbons (Fsp3) is 0.250. The van der Waals surface area contributed by atoms with Crippen molar-refractivity contribution in [3.8, 4) is 11.5 Å².